The molecule has 3 rings (SSSR count). The Morgan fingerprint density at radius 3 is 2.38 bits per heavy atom. The van der Waals surface area contributed by atoms with Gasteiger partial charge < -0.3 is 9.64 Å². The lowest BCUT2D eigenvalue weighted by Gasteiger charge is -2.43. The lowest BCUT2D eigenvalue weighted by molar-refractivity contribution is 0.0979. The second-order valence-electron chi connectivity index (χ2n) is 7.36. The lowest BCUT2D eigenvalue weighted by Crippen LogP contribution is -2.51. The molecule has 2 aliphatic heterocycles. The number of hydrogen-bond acceptors (Lipinski definition) is 5. The number of piperidine rings is 2. The highest BCUT2D eigenvalue weighted by atomic mass is 32.2. The van der Waals surface area contributed by atoms with Crippen LogP contribution in [-0.4, -0.2) is 63.2 Å². The quantitative estimate of drug-likeness (QED) is 0.802. The van der Waals surface area contributed by atoms with Crippen molar-refractivity contribution in [3.05, 3.63) is 29.8 Å². The summed E-state index contributed by atoms with van der Waals surface area (Å²) in [6.07, 6.45) is 4.60. The second-order valence-corrected chi connectivity index (χ2v) is 9.34. The van der Waals surface area contributed by atoms with Gasteiger partial charge in [-0.3, -0.25) is 0 Å². The summed E-state index contributed by atoms with van der Waals surface area (Å²) in [7, 11) is -1.44. The van der Waals surface area contributed by atoms with E-state index >= 15 is 0 Å². The molecule has 0 spiro atoms. The molecular formula is C19H27N3O3S. The van der Waals surface area contributed by atoms with Crippen LogP contribution in [0, 0.1) is 11.3 Å². The first-order valence-corrected chi connectivity index (χ1v) is 11.0. The van der Waals surface area contributed by atoms with Crippen molar-refractivity contribution in [2.75, 3.05) is 39.5 Å². The summed E-state index contributed by atoms with van der Waals surface area (Å²) in [6, 6.07) is 10.8. The fourth-order valence-electron chi connectivity index (χ4n) is 4.20. The van der Waals surface area contributed by atoms with E-state index in [4.69, 9.17) is 4.74 Å². The molecule has 2 heterocycles. The lowest BCUT2D eigenvalue weighted by atomic mass is 9.73. The zero-order valence-electron chi connectivity index (χ0n) is 15.5. The highest BCUT2D eigenvalue weighted by molar-refractivity contribution is 7.88. The second kappa shape index (κ2) is 7.55. The van der Waals surface area contributed by atoms with E-state index in [0.29, 0.717) is 19.1 Å². The summed E-state index contributed by atoms with van der Waals surface area (Å²) >= 11 is 0. The van der Waals surface area contributed by atoms with Gasteiger partial charge >= 0.3 is 0 Å². The van der Waals surface area contributed by atoms with E-state index in [2.05, 4.69) is 11.0 Å². The van der Waals surface area contributed by atoms with Gasteiger partial charge in [0.25, 0.3) is 0 Å². The summed E-state index contributed by atoms with van der Waals surface area (Å²) in [5, 5.41) is 9.90. The Morgan fingerprint density at radius 1 is 1.19 bits per heavy atom. The van der Waals surface area contributed by atoms with E-state index < -0.39 is 15.4 Å². The third kappa shape index (κ3) is 3.88. The molecule has 142 valence electrons. The van der Waals surface area contributed by atoms with Gasteiger partial charge in [0.2, 0.25) is 10.0 Å². The first-order valence-electron chi connectivity index (χ1n) is 9.13. The van der Waals surface area contributed by atoms with Crippen molar-refractivity contribution in [3.63, 3.8) is 0 Å². The average Bonchev–Trinajstić information content (AvgIpc) is 2.67. The molecule has 0 aliphatic carbocycles. The molecule has 0 radical (unpaired) electrons. The molecule has 0 saturated carbocycles. The minimum atomic E-state index is -3.09. The number of likely N-dealkylation sites (tertiary alicyclic amines) is 1. The standard InChI is InChI=1S/C19H27N3O3S/c1-25-18-5-3-4-16(14-18)19(15-20)8-12-21(13-9-19)17-6-10-22(11-7-17)26(2,23)24/h3-5,14,17H,6-13H2,1-2H3. The smallest absolute Gasteiger partial charge is 0.211 e. The van der Waals surface area contributed by atoms with Crippen LogP contribution in [0.25, 0.3) is 0 Å². The normalized spacial score (nSPS) is 22.7. The summed E-state index contributed by atoms with van der Waals surface area (Å²) in [4.78, 5) is 2.44. The van der Waals surface area contributed by atoms with Crippen LogP contribution in [0.1, 0.15) is 31.2 Å². The number of methoxy groups -OCH3 is 1. The molecule has 0 amide bonds. The van der Waals surface area contributed by atoms with Gasteiger partial charge in [-0.2, -0.15) is 5.26 Å². The molecule has 0 aromatic heterocycles. The minimum absolute atomic E-state index is 0.412. The maximum Gasteiger partial charge on any atom is 0.211 e. The number of sulfonamides is 1. The molecule has 0 bridgehead atoms. The largest absolute Gasteiger partial charge is 0.497 e. The third-order valence-corrected chi connectivity index (χ3v) is 7.20. The van der Waals surface area contributed by atoms with E-state index in [9.17, 15) is 13.7 Å². The highest BCUT2D eigenvalue weighted by Crippen LogP contribution is 2.37. The van der Waals surface area contributed by atoms with Crippen LogP contribution in [0.4, 0.5) is 0 Å². The molecule has 2 aliphatic rings. The van der Waals surface area contributed by atoms with Crippen LogP contribution in [0.15, 0.2) is 24.3 Å². The Bertz CT molecular complexity index is 771. The van der Waals surface area contributed by atoms with E-state index in [0.717, 1.165) is 50.1 Å². The Kier molecular flexibility index (Phi) is 5.56. The summed E-state index contributed by atoms with van der Waals surface area (Å²) < 4.78 is 30.2. The fourth-order valence-corrected chi connectivity index (χ4v) is 5.07. The van der Waals surface area contributed by atoms with Crippen molar-refractivity contribution in [2.45, 2.75) is 37.1 Å². The molecule has 7 heteroatoms. The predicted octanol–water partition coefficient (Wildman–Crippen LogP) is 1.98. The van der Waals surface area contributed by atoms with Crippen LogP contribution in [0.2, 0.25) is 0 Å². The zero-order chi connectivity index (χ0) is 18.8. The Hall–Kier alpha value is -1.62. The molecule has 1 aromatic carbocycles. The van der Waals surface area contributed by atoms with Crippen molar-refractivity contribution >= 4 is 10.0 Å². The summed E-state index contributed by atoms with van der Waals surface area (Å²) in [5.74, 6) is 0.785. The van der Waals surface area contributed by atoms with E-state index in [-0.39, 0.29) is 0 Å². The van der Waals surface area contributed by atoms with Crippen LogP contribution >= 0.6 is 0 Å². The molecule has 6 nitrogen and oxygen atoms in total. The molecule has 0 atom stereocenters. The molecule has 2 fully saturated rings. The molecule has 26 heavy (non-hydrogen) atoms. The van der Waals surface area contributed by atoms with Crippen LogP contribution in [-0.2, 0) is 15.4 Å². The average molecular weight is 378 g/mol. The predicted molar refractivity (Wildman–Crippen MR) is 101 cm³/mol. The summed E-state index contributed by atoms with van der Waals surface area (Å²) in [6.45, 7) is 2.93. The monoisotopic (exact) mass is 377 g/mol. The Balaban J connectivity index is 1.64. The number of nitriles is 1. The maximum atomic E-state index is 11.7. The number of nitrogens with zero attached hydrogens (tertiary/aromatic N) is 3. The van der Waals surface area contributed by atoms with Gasteiger partial charge in [-0.15, -0.1) is 0 Å². The van der Waals surface area contributed by atoms with E-state index in [1.54, 1.807) is 11.4 Å². The maximum absolute atomic E-state index is 11.7. The van der Waals surface area contributed by atoms with Crippen molar-refractivity contribution in [2.24, 2.45) is 0 Å². The Morgan fingerprint density at radius 2 is 1.85 bits per heavy atom. The zero-order valence-corrected chi connectivity index (χ0v) is 16.3. The topological polar surface area (TPSA) is 73.6 Å². The minimum Gasteiger partial charge on any atom is -0.497 e. The molecular weight excluding hydrogens is 350 g/mol. The first kappa shape index (κ1) is 19.2. The van der Waals surface area contributed by atoms with Crippen molar-refractivity contribution in [3.8, 4) is 11.8 Å². The van der Waals surface area contributed by atoms with Gasteiger partial charge in [-0.1, -0.05) is 12.1 Å². The van der Waals surface area contributed by atoms with Crippen molar-refractivity contribution < 1.29 is 13.2 Å². The number of ether oxygens (including phenoxy) is 1. The number of hydrogen-bond donors (Lipinski definition) is 0. The van der Waals surface area contributed by atoms with Gasteiger partial charge in [0, 0.05) is 32.2 Å². The fraction of sp³-hybridized carbons (Fsp3) is 0.632. The number of rotatable bonds is 4. The highest BCUT2D eigenvalue weighted by Gasteiger charge is 2.39. The molecule has 1 aromatic rings. The summed E-state index contributed by atoms with van der Waals surface area (Å²) in [5.41, 5.74) is 0.573. The third-order valence-electron chi connectivity index (χ3n) is 5.90. The van der Waals surface area contributed by atoms with Gasteiger partial charge in [-0.25, -0.2) is 12.7 Å². The van der Waals surface area contributed by atoms with E-state index in [1.165, 1.54) is 6.26 Å². The van der Waals surface area contributed by atoms with Gasteiger partial charge in [0.05, 0.1) is 24.8 Å². The molecule has 0 unspecified atom stereocenters. The SMILES string of the molecule is COc1cccc(C2(C#N)CCN(C3CCN(S(C)(=O)=O)CC3)CC2)c1. The van der Waals surface area contributed by atoms with Crippen molar-refractivity contribution in [1.82, 2.24) is 9.21 Å². The Labute approximate surface area is 156 Å². The molecule has 2 saturated heterocycles. The van der Waals surface area contributed by atoms with Gasteiger partial charge in [0.15, 0.2) is 0 Å². The molecule has 0 N–H and O–H groups in total. The van der Waals surface area contributed by atoms with Crippen LogP contribution in [0.5, 0.6) is 5.75 Å². The van der Waals surface area contributed by atoms with Crippen LogP contribution < -0.4 is 4.74 Å². The number of benzene rings is 1. The van der Waals surface area contributed by atoms with Crippen molar-refractivity contribution in [1.29, 1.82) is 5.26 Å². The van der Waals surface area contributed by atoms with E-state index in [1.807, 2.05) is 24.3 Å². The van der Waals surface area contributed by atoms with Crippen LogP contribution in [0.3, 0.4) is 0 Å². The first-order chi connectivity index (χ1) is 12.4. The van der Waals surface area contributed by atoms with Gasteiger partial charge in [-0.05, 0) is 43.4 Å². The van der Waals surface area contributed by atoms with Gasteiger partial charge in [0.1, 0.15) is 5.75 Å².